The fourth-order valence-corrected chi connectivity index (χ4v) is 4.57. The molecule has 144 valence electrons. The van der Waals surface area contributed by atoms with Gasteiger partial charge in [-0.25, -0.2) is 13.2 Å². The monoisotopic (exact) mass is 393 g/mol. The van der Waals surface area contributed by atoms with E-state index in [-0.39, 0.29) is 24.7 Å². The molecule has 6 heteroatoms. The van der Waals surface area contributed by atoms with Crippen molar-refractivity contribution in [3.05, 3.63) is 59.4 Å². The molecule has 0 radical (unpaired) electrons. The van der Waals surface area contributed by atoms with Crippen LogP contribution in [0.2, 0.25) is 0 Å². The lowest BCUT2D eigenvalue weighted by Gasteiger charge is -2.45. The molecule has 0 bridgehead atoms. The lowest BCUT2D eigenvalue weighted by Crippen LogP contribution is -2.44. The second-order valence-corrected chi connectivity index (χ2v) is 8.05. The van der Waals surface area contributed by atoms with E-state index in [2.05, 4.69) is 17.0 Å². The zero-order chi connectivity index (χ0) is 19.0. The maximum Gasteiger partial charge on any atom is 0.251 e. The van der Waals surface area contributed by atoms with E-state index in [1.54, 1.807) is 23.9 Å². The highest BCUT2D eigenvalue weighted by molar-refractivity contribution is 7.98. The highest BCUT2D eigenvalue weighted by Crippen LogP contribution is 2.47. The number of rotatable bonds is 3. The topological polar surface area (TPSA) is 12.5 Å². The quantitative estimate of drug-likeness (QED) is 0.608. The molecule has 1 fully saturated rings. The molecule has 0 spiro atoms. The standard InChI is InChI=1S/C21H22F3NOS/c1-27-16-6-7-17-18(8-11-26-20(17)12-16)25-10-9-21(23,24)13-19(25)14-2-4-15(22)5-3-14/h2-7,12,18-19H,8-11,13H2,1H3/t18-,19?/m0/s1. The van der Waals surface area contributed by atoms with E-state index < -0.39 is 12.0 Å². The number of halogens is 3. The fourth-order valence-electron chi connectivity index (χ4n) is 4.14. The zero-order valence-corrected chi connectivity index (χ0v) is 15.9. The average Bonchev–Trinajstić information content (AvgIpc) is 2.67. The van der Waals surface area contributed by atoms with Crippen molar-refractivity contribution in [2.24, 2.45) is 0 Å². The maximum absolute atomic E-state index is 14.2. The van der Waals surface area contributed by atoms with E-state index >= 15 is 0 Å². The molecular weight excluding hydrogens is 371 g/mol. The van der Waals surface area contributed by atoms with Gasteiger partial charge in [-0.1, -0.05) is 18.2 Å². The Kier molecular flexibility index (Phi) is 5.12. The maximum atomic E-state index is 14.2. The molecular formula is C21H22F3NOS. The summed E-state index contributed by atoms with van der Waals surface area (Å²) in [7, 11) is 0. The average molecular weight is 393 g/mol. The predicted molar refractivity (Wildman–Crippen MR) is 101 cm³/mol. The van der Waals surface area contributed by atoms with Crippen LogP contribution in [0.5, 0.6) is 5.75 Å². The minimum atomic E-state index is -2.70. The van der Waals surface area contributed by atoms with Crippen LogP contribution in [0.4, 0.5) is 13.2 Å². The van der Waals surface area contributed by atoms with Gasteiger partial charge in [0, 0.05) is 48.3 Å². The van der Waals surface area contributed by atoms with Crippen molar-refractivity contribution in [3.63, 3.8) is 0 Å². The Balaban J connectivity index is 1.70. The van der Waals surface area contributed by atoms with E-state index in [9.17, 15) is 13.2 Å². The number of likely N-dealkylation sites (tertiary alicyclic amines) is 1. The summed E-state index contributed by atoms with van der Waals surface area (Å²) in [5, 5.41) is 0. The van der Waals surface area contributed by atoms with Gasteiger partial charge >= 0.3 is 0 Å². The predicted octanol–water partition coefficient (Wildman–Crippen LogP) is 5.84. The first-order valence-corrected chi connectivity index (χ1v) is 10.4. The molecule has 2 aliphatic rings. The SMILES string of the molecule is CSc1ccc2c(c1)OCC[C@@H]2N1CCC(F)(F)CC1c1ccc(F)cc1. The second kappa shape index (κ2) is 7.40. The van der Waals surface area contributed by atoms with Crippen LogP contribution in [-0.2, 0) is 0 Å². The van der Waals surface area contributed by atoms with Crippen molar-refractivity contribution >= 4 is 11.8 Å². The molecule has 2 aromatic carbocycles. The van der Waals surface area contributed by atoms with Gasteiger partial charge in [-0.3, -0.25) is 4.90 Å². The number of fused-ring (bicyclic) bond motifs is 1. The molecule has 1 unspecified atom stereocenters. The van der Waals surface area contributed by atoms with Crippen LogP contribution in [0.1, 0.15) is 42.5 Å². The van der Waals surface area contributed by atoms with Crippen molar-refractivity contribution in [2.45, 2.75) is 42.2 Å². The highest BCUT2D eigenvalue weighted by atomic mass is 32.2. The molecule has 2 nitrogen and oxygen atoms in total. The lowest BCUT2D eigenvalue weighted by molar-refractivity contribution is -0.0931. The first kappa shape index (κ1) is 18.7. The van der Waals surface area contributed by atoms with Gasteiger partial charge in [-0.15, -0.1) is 11.8 Å². The molecule has 0 amide bonds. The molecule has 2 aliphatic heterocycles. The van der Waals surface area contributed by atoms with Crippen LogP contribution in [-0.4, -0.2) is 30.2 Å². The molecule has 2 heterocycles. The third-order valence-electron chi connectivity index (χ3n) is 5.51. The molecule has 1 saturated heterocycles. The Hall–Kier alpha value is -1.66. The van der Waals surface area contributed by atoms with Crippen LogP contribution < -0.4 is 4.74 Å². The van der Waals surface area contributed by atoms with Crippen LogP contribution in [0.25, 0.3) is 0 Å². The van der Waals surface area contributed by atoms with Crippen molar-refractivity contribution in [1.82, 2.24) is 4.90 Å². The lowest BCUT2D eigenvalue weighted by atomic mass is 9.88. The first-order chi connectivity index (χ1) is 13.0. The van der Waals surface area contributed by atoms with Gasteiger partial charge in [0.25, 0.3) is 5.92 Å². The Bertz CT molecular complexity index is 812. The third-order valence-corrected chi connectivity index (χ3v) is 6.24. The molecule has 0 N–H and O–H groups in total. The van der Waals surface area contributed by atoms with Gasteiger partial charge in [-0.05, 0) is 36.1 Å². The van der Waals surface area contributed by atoms with Crippen molar-refractivity contribution in [1.29, 1.82) is 0 Å². The largest absolute Gasteiger partial charge is 0.493 e. The minimum Gasteiger partial charge on any atom is -0.493 e. The smallest absolute Gasteiger partial charge is 0.251 e. The molecule has 27 heavy (non-hydrogen) atoms. The first-order valence-electron chi connectivity index (χ1n) is 9.17. The number of ether oxygens (including phenoxy) is 1. The van der Waals surface area contributed by atoms with E-state index in [0.29, 0.717) is 13.2 Å². The summed E-state index contributed by atoms with van der Waals surface area (Å²) >= 11 is 1.65. The normalized spacial score (nSPS) is 24.9. The van der Waals surface area contributed by atoms with Gasteiger partial charge < -0.3 is 4.74 Å². The molecule has 0 aliphatic carbocycles. The third kappa shape index (κ3) is 3.83. The van der Waals surface area contributed by atoms with E-state index in [4.69, 9.17) is 4.74 Å². The summed E-state index contributed by atoms with van der Waals surface area (Å²) in [6.07, 6.45) is 2.38. The molecule has 2 aromatic rings. The summed E-state index contributed by atoms with van der Waals surface area (Å²) in [6, 6.07) is 11.7. The summed E-state index contributed by atoms with van der Waals surface area (Å²) in [6.45, 7) is 0.877. The van der Waals surface area contributed by atoms with Crippen molar-refractivity contribution < 1.29 is 17.9 Å². The van der Waals surface area contributed by atoms with Gasteiger partial charge in [0.1, 0.15) is 11.6 Å². The van der Waals surface area contributed by atoms with Crippen molar-refractivity contribution in [3.8, 4) is 5.75 Å². The zero-order valence-electron chi connectivity index (χ0n) is 15.1. The van der Waals surface area contributed by atoms with Gasteiger partial charge in [0.15, 0.2) is 0 Å². The highest BCUT2D eigenvalue weighted by Gasteiger charge is 2.44. The summed E-state index contributed by atoms with van der Waals surface area (Å²) in [5.41, 5.74) is 1.79. The Labute approximate surface area is 161 Å². The molecule has 0 saturated carbocycles. The number of thioether (sulfide) groups is 1. The number of nitrogens with zero attached hydrogens (tertiary/aromatic N) is 1. The summed E-state index contributed by atoms with van der Waals surface area (Å²) < 4.78 is 47.6. The number of benzene rings is 2. The molecule has 4 rings (SSSR count). The fraction of sp³-hybridized carbons (Fsp3) is 0.429. The molecule has 0 aromatic heterocycles. The van der Waals surface area contributed by atoms with Gasteiger partial charge in [0.2, 0.25) is 0 Å². The number of hydrogen-bond acceptors (Lipinski definition) is 3. The van der Waals surface area contributed by atoms with E-state index in [0.717, 1.165) is 28.2 Å². The van der Waals surface area contributed by atoms with E-state index in [1.165, 1.54) is 12.1 Å². The second-order valence-electron chi connectivity index (χ2n) is 7.17. The van der Waals surface area contributed by atoms with Crippen LogP contribution in [0, 0.1) is 5.82 Å². The summed E-state index contributed by atoms with van der Waals surface area (Å²) in [4.78, 5) is 3.28. The van der Waals surface area contributed by atoms with Gasteiger partial charge in [-0.2, -0.15) is 0 Å². The Morgan fingerprint density at radius 3 is 2.63 bits per heavy atom. The Morgan fingerprint density at radius 2 is 1.89 bits per heavy atom. The van der Waals surface area contributed by atoms with Gasteiger partial charge in [0.05, 0.1) is 6.61 Å². The number of alkyl halides is 2. The number of piperidine rings is 1. The Morgan fingerprint density at radius 1 is 1.11 bits per heavy atom. The van der Waals surface area contributed by atoms with Crippen molar-refractivity contribution in [2.75, 3.05) is 19.4 Å². The molecule has 2 atom stereocenters. The van der Waals surface area contributed by atoms with Crippen LogP contribution in [0.3, 0.4) is 0 Å². The van der Waals surface area contributed by atoms with Crippen LogP contribution >= 0.6 is 11.8 Å². The minimum absolute atomic E-state index is 0.0239. The van der Waals surface area contributed by atoms with E-state index in [1.807, 2.05) is 12.3 Å². The number of hydrogen-bond donors (Lipinski definition) is 0. The van der Waals surface area contributed by atoms with Crippen LogP contribution in [0.15, 0.2) is 47.4 Å². The summed E-state index contributed by atoms with van der Waals surface area (Å²) in [5.74, 6) is -2.21.